The van der Waals surface area contributed by atoms with Crippen molar-refractivity contribution >= 4 is 28.3 Å². The fourth-order valence-corrected chi connectivity index (χ4v) is 2.72. The number of anilines is 1. The number of rotatable bonds is 2. The number of alkyl halides is 1. The molecule has 0 saturated carbocycles. The Morgan fingerprint density at radius 3 is 3.07 bits per heavy atom. The Labute approximate surface area is 93.3 Å². The minimum absolute atomic E-state index is 0.216. The summed E-state index contributed by atoms with van der Waals surface area (Å²) in [6, 6.07) is 0. The van der Waals surface area contributed by atoms with Crippen LogP contribution in [-0.4, -0.2) is 28.3 Å². The predicted molar refractivity (Wildman–Crippen MR) is 60.1 cm³/mol. The van der Waals surface area contributed by atoms with Crippen LogP contribution in [0.15, 0.2) is 6.33 Å². The second kappa shape index (κ2) is 3.66. The van der Waals surface area contributed by atoms with Crippen molar-refractivity contribution in [3.8, 4) is 0 Å². The van der Waals surface area contributed by atoms with Gasteiger partial charge in [0.05, 0.1) is 0 Å². The van der Waals surface area contributed by atoms with Gasteiger partial charge in [0.2, 0.25) is 5.13 Å². The molecule has 3 nitrogen and oxygen atoms in total. The highest BCUT2D eigenvalue weighted by Gasteiger charge is 2.40. The molecule has 2 heterocycles. The quantitative estimate of drug-likeness (QED) is 0.731. The summed E-state index contributed by atoms with van der Waals surface area (Å²) in [5, 5.41) is 1.02. The minimum atomic E-state index is 0.216. The van der Waals surface area contributed by atoms with Crippen LogP contribution in [-0.2, 0) is 0 Å². The van der Waals surface area contributed by atoms with E-state index >= 15 is 0 Å². The molecule has 0 N–H and O–H groups in total. The van der Waals surface area contributed by atoms with Crippen molar-refractivity contribution in [2.24, 2.45) is 11.3 Å². The van der Waals surface area contributed by atoms with E-state index in [1.54, 1.807) is 6.33 Å². The van der Waals surface area contributed by atoms with Gasteiger partial charge in [0, 0.05) is 35.9 Å². The van der Waals surface area contributed by atoms with Gasteiger partial charge in [-0.3, -0.25) is 0 Å². The van der Waals surface area contributed by atoms with Crippen molar-refractivity contribution < 1.29 is 0 Å². The molecule has 1 saturated heterocycles. The smallest absolute Gasteiger partial charge is 0.204 e. The third-order valence-electron chi connectivity index (χ3n) is 3.16. The molecule has 0 radical (unpaired) electrons. The maximum atomic E-state index is 6.01. The number of hydrogen-bond donors (Lipinski definition) is 0. The Morgan fingerprint density at radius 1 is 1.79 bits per heavy atom. The minimum Gasteiger partial charge on any atom is -0.346 e. The molecular weight excluding hydrogens is 218 g/mol. The van der Waals surface area contributed by atoms with Crippen LogP contribution >= 0.6 is 23.1 Å². The molecule has 5 heteroatoms. The van der Waals surface area contributed by atoms with E-state index in [9.17, 15) is 0 Å². The first kappa shape index (κ1) is 10.2. The summed E-state index contributed by atoms with van der Waals surface area (Å²) in [4.78, 5) is 6.51. The molecule has 0 spiro atoms. The zero-order chi connectivity index (χ0) is 10.2. The summed E-state index contributed by atoms with van der Waals surface area (Å²) in [5.41, 5.74) is 0.216. The van der Waals surface area contributed by atoms with Crippen LogP contribution in [0.25, 0.3) is 0 Å². The summed E-state index contributed by atoms with van der Waals surface area (Å²) < 4.78 is 4.02. The van der Waals surface area contributed by atoms with E-state index in [1.807, 2.05) is 0 Å². The molecule has 0 aliphatic carbocycles. The molecular formula is C9H14ClN3S. The topological polar surface area (TPSA) is 29.0 Å². The van der Waals surface area contributed by atoms with Gasteiger partial charge in [0.15, 0.2) is 0 Å². The number of hydrogen-bond acceptors (Lipinski definition) is 4. The second-order valence-electron chi connectivity index (χ2n) is 4.29. The molecule has 0 aromatic carbocycles. The van der Waals surface area contributed by atoms with Crippen LogP contribution in [0.3, 0.4) is 0 Å². The average molecular weight is 232 g/mol. The van der Waals surface area contributed by atoms with Gasteiger partial charge in [-0.25, -0.2) is 4.98 Å². The van der Waals surface area contributed by atoms with Crippen LogP contribution in [0.1, 0.15) is 13.8 Å². The number of aromatic nitrogens is 2. The van der Waals surface area contributed by atoms with Crippen LogP contribution in [0.4, 0.5) is 5.13 Å². The van der Waals surface area contributed by atoms with Crippen LogP contribution in [0.2, 0.25) is 0 Å². The van der Waals surface area contributed by atoms with Gasteiger partial charge in [0.25, 0.3) is 0 Å². The van der Waals surface area contributed by atoms with Crippen molar-refractivity contribution in [2.45, 2.75) is 13.8 Å². The van der Waals surface area contributed by atoms with Crippen LogP contribution in [0, 0.1) is 11.3 Å². The van der Waals surface area contributed by atoms with Crippen molar-refractivity contribution in [1.29, 1.82) is 0 Å². The van der Waals surface area contributed by atoms with Gasteiger partial charge in [-0.1, -0.05) is 13.8 Å². The fraction of sp³-hybridized carbons (Fsp3) is 0.778. The van der Waals surface area contributed by atoms with E-state index < -0.39 is 0 Å². The van der Waals surface area contributed by atoms with Crippen molar-refractivity contribution in [3.63, 3.8) is 0 Å². The molecule has 2 rings (SSSR count). The van der Waals surface area contributed by atoms with E-state index in [0.29, 0.717) is 11.8 Å². The van der Waals surface area contributed by atoms with Crippen molar-refractivity contribution in [1.82, 2.24) is 9.36 Å². The molecule has 78 valence electrons. The summed E-state index contributed by atoms with van der Waals surface area (Å²) in [6.07, 6.45) is 1.61. The maximum absolute atomic E-state index is 6.01. The lowest BCUT2D eigenvalue weighted by atomic mass is 9.83. The highest BCUT2D eigenvalue weighted by molar-refractivity contribution is 7.09. The van der Waals surface area contributed by atoms with E-state index in [1.165, 1.54) is 11.5 Å². The van der Waals surface area contributed by atoms with Crippen molar-refractivity contribution in [3.05, 3.63) is 6.33 Å². The van der Waals surface area contributed by atoms with E-state index in [2.05, 4.69) is 28.1 Å². The molecule has 1 aromatic heterocycles. The Hall–Kier alpha value is -0.350. The molecule has 2 atom stereocenters. The molecule has 0 amide bonds. The lowest BCUT2D eigenvalue weighted by Crippen LogP contribution is -2.27. The first-order chi connectivity index (χ1) is 6.65. The van der Waals surface area contributed by atoms with Gasteiger partial charge in [-0.15, -0.1) is 11.6 Å². The second-order valence-corrected chi connectivity index (χ2v) is 5.32. The number of nitrogens with zero attached hydrogens (tertiary/aromatic N) is 3. The normalized spacial score (nSPS) is 32.5. The van der Waals surface area contributed by atoms with Crippen LogP contribution in [0.5, 0.6) is 0 Å². The average Bonchev–Trinajstić information content (AvgIpc) is 2.76. The number of halogens is 1. The van der Waals surface area contributed by atoms with Gasteiger partial charge >= 0.3 is 0 Å². The molecule has 1 fully saturated rings. The molecule has 2 unspecified atom stereocenters. The van der Waals surface area contributed by atoms with Crippen molar-refractivity contribution in [2.75, 3.05) is 23.9 Å². The lowest BCUT2D eigenvalue weighted by molar-refractivity contribution is 0.317. The molecule has 1 aliphatic heterocycles. The zero-order valence-electron chi connectivity index (χ0n) is 8.40. The molecule has 1 aromatic rings. The molecule has 14 heavy (non-hydrogen) atoms. The third-order valence-corrected chi connectivity index (χ3v) is 4.50. The summed E-state index contributed by atoms with van der Waals surface area (Å²) in [6.45, 7) is 6.53. The van der Waals surface area contributed by atoms with E-state index in [-0.39, 0.29) is 5.41 Å². The monoisotopic (exact) mass is 231 g/mol. The molecule has 0 bridgehead atoms. The van der Waals surface area contributed by atoms with Gasteiger partial charge in [0.1, 0.15) is 6.33 Å². The fourth-order valence-electron chi connectivity index (χ4n) is 1.83. The van der Waals surface area contributed by atoms with Gasteiger partial charge < -0.3 is 4.90 Å². The summed E-state index contributed by atoms with van der Waals surface area (Å²) >= 11 is 7.47. The highest BCUT2D eigenvalue weighted by atomic mass is 35.5. The van der Waals surface area contributed by atoms with Gasteiger partial charge in [-0.05, 0) is 5.92 Å². The highest BCUT2D eigenvalue weighted by Crippen LogP contribution is 2.38. The Balaban J connectivity index is 2.14. The predicted octanol–water partition coefficient (Wildman–Crippen LogP) is 2.24. The lowest BCUT2D eigenvalue weighted by Gasteiger charge is -2.24. The van der Waals surface area contributed by atoms with Crippen LogP contribution < -0.4 is 4.90 Å². The Bertz CT molecular complexity index is 303. The third kappa shape index (κ3) is 1.61. The Kier molecular flexibility index (Phi) is 2.66. The maximum Gasteiger partial charge on any atom is 0.204 e. The zero-order valence-corrected chi connectivity index (χ0v) is 9.98. The first-order valence-corrected chi connectivity index (χ1v) is 6.04. The first-order valence-electron chi connectivity index (χ1n) is 4.73. The summed E-state index contributed by atoms with van der Waals surface area (Å²) in [5.74, 6) is 1.33. The SMILES string of the molecule is CC1CN(c2ncns2)CC1(C)CCl. The largest absolute Gasteiger partial charge is 0.346 e. The molecule has 1 aliphatic rings. The van der Waals surface area contributed by atoms with Gasteiger partial charge in [-0.2, -0.15) is 4.37 Å². The standard InChI is InChI=1S/C9H14ClN3S/c1-7-3-13(5-9(7,2)4-10)8-11-6-12-14-8/h6-7H,3-5H2,1-2H3. The summed E-state index contributed by atoms with van der Waals surface area (Å²) in [7, 11) is 0. The van der Waals surface area contributed by atoms with E-state index in [4.69, 9.17) is 11.6 Å². The Morgan fingerprint density at radius 2 is 2.57 bits per heavy atom. The van der Waals surface area contributed by atoms with E-state index in [0.717, 1.165) is 18.2 Å².